The topological polar surface area (TPSA) is 110 Å². The molecule has 0 aliphatic rings. The fourth-order valence-corrected chi connectivity index (χ4v) is 4.03. The number of nitrogens with zero attached hydrogens (tertiary/aromatic N) is 4. The summed E-state index contributed by atoms with van der Waals surface area (Å²) in [6, 6.07) is 14.0. The summed E-state index contributed by atoms with van der Waals surface area (Å²) in [6.07, 6.45) is -1.06. The molecule has 0 saturated heterocycles. The zero-order chi connectivity index (χ0) is 22.8. The number of anilines is 1. The molecule has 1 aromatic carbocycles. The normalized spacial score (nSPS) is 11.7. The van der Waals surface area contributed by atoms with Gasteiger partial charge in [-0.3, -0.25) is 9.48 Å². The average molecular weight is 446 g/mol. The van der Waals surface area contributed by atoms with E-state index < -0.39 is 18.0 Å². The summed E-state index contributed by atoms with van der Waals surface area (Å²) in [5.74, 6) is -1.14. The van der Waals surface area contributed by atoms with Crippen LogP contribution in [0.4, 0.5) is 5.69 Å². The van der Waals surface area contributed by atoms with Crippen LogP contribution in [0.2, 0.25) is 0 Å². The number of fused-ring (bicyclic) bond motifs is 1. The number of benzene rings is 1. The Morgan fingerprint density at radius 2 is 2.06 bits per heavy atom. The number of hydrogen-bond donors (Lipinski definition) is 1. The van der Waals surface area contributed by atoms with Gasteiger partial charge in [0.25, 0.3) is 5.91 Å². The zero-order valence-electron chi connectivity index (χ0n) is 17.6. The molecule has 32 heavy (non-hydrogen) atoms. The standard InChI is InChI=1S/C23H19N5O3S/c1-13-20-17(11-18(19-8-5-9-32-19)26-21(20)28(3)27-13)23(30)31-14(2)22(29)25-16-7-4-6-15(10-16)12-24/h4-11,14H,1-3H3,(H,25,29). The highest BCUT2D eigenvalue weighted by molar-refractivity contribution is 7.13. The predicted octanol–water partition coefficient (Wildman–Crippen LogP) is 4.06. The summed E-state index contributed by atoms with van der Waals surface area (Å²) in [6.45, 7) is 3.29. The smallest absolute Gasteiger partial charge is 0.339 e. The molecule has 4 rings (SSSR count). The SMILES string of the molecule is Cc1nn(C)c2nc(-c3cccs3)cc(C(=O)OC(C)C(=O)Nc3cccc(C#N)c3)c12. The van der Waals surface area contributed by atoms with Crippen molar-refractivity contribution < 1.29 is 14.3 Å². The summed E-state index contributed by atoms with van der Waals surface area (Å²) in [5.41, 5.74) is 3.00. The lowest BCUT2D eigenvalue weighted by Gasteiger charge is -2.14. The third kappa shape index (κ3) is 4.08. The Bertz CT molecular complexity index is 1370. The molecule has 8 nitrogen and oxygen atoms in total. The van der Waals surface area contributed by atoms with Crippen LogP contribution in [0.3, 0.4) is 0 Å². The molecule has 1 N–H and O–H groups in total. The van der Waals surface area contributed by atoms with Crippen LogP contribution in [0.5, 0.6) is 0 Å². The molecule has 9 heteroatoms. The minimum atomic E-state index is -1.06. The number of carbonyl (C=O) groups is 2. The van der Waals surface area contributed by atoms with Crippen molar-refractivity contribution in [1.82, 2.24) is 14.8 Å². The molecule has 3 aromatic heterocycles. The molecule has 0 saturated carbocycles. The van der Waals surface area contributed by atoms with Crippen LogP contribution in [0, 0.1) is 18.3 Å². The van der Waals surface area contributed by atoms with E-state index in [4.69, 9.17) is 10.00 Å². The first-order valence-electron chi connectivity index (χ1n) is 9.77. The average Bonchev–Trinajstić information content (AvgIpc) is 3.42. The molecule has 1 amide bonds. The first kappa shape index (κ1) is 21.2. The van der Waals surface area contributed by atoms with E-state index in [0.29, 0.717) is 39.2 Å². The van der Waals surface area contributed by atoms with E-state index in [2.05, 4.69) is 15.4 Å². The van der Waals surface area contributed by atoms with Crippen LogP contribution < -0.4 is 5.32 Å². The monoisotopic (exact) mass is 445 g/mol. The molecule has 0 bridgehead atoms. The van der Waals surface area contributed by atoms with Crippen LogP contribution in [-0.2, 0) is 16.6 Å². The van der Waals surface area contributed by atoms with E-state index in [1.165, 1.54) is 18.3 Å². The highest BCUT2D eigenvalue weighted by Gasteiger charge is 2.24. The van der Waals surface area contributed by atoms with E-state index in [1.54, 1.807) is 49.0 Å². The third-order valence-electron chi connectivity index (χ3n) is 4.87. The Morgan fingerprint density at radius 3 is 2.78 bits per heavy atom. The number of pyridine rings is 1. The molecule has 0 aliphatic heterocycles. The van der Waals surface area contributed by atoms with Gasteiger partial charge in [-0.1, -0.05) is 12.1 Å². The van der Waals surface area contributed by atoms with Gasteiger partial charge in [-0.15, -0.1) is 11.3 Å². The van der Waals surface area contributed by atoms with Gasteiger partial charge >= 0.3 is 5.97 Å². The number of aryl methyl sites for hydroxylation is 2. The number of thiophene rings is 1. The Labute approximate surface area is 188 Å². The number of esters is 1. The van der Waals surface area contributed by atoms with Gasteiger partial charge in [0.05, 0.1) is 38.8 Å². The summed E-state index contributed by atoms with van der Waals surface area (Å²) >= 11 is 1.51. The lowest BCUT2D eigenvalue weighted by molar-refractivity contribution is -0.123. The first-order valence-corrected chi connectivity index (χ1v) is 10.7. The number of ether oxygens (including phenoxy) is 1. The number of nitrogens with one attached hydrogen (secondary N) is 1. The number of rotatable bonds is 5. The van der Waals surface area contributed by atoms with Crippen molar-refractivity contribution in [2.24, 2.45) is 7.05 Å². The molecular formula is C23H19N5O3S. The van der Waals surface area contributed by atoms with Crippen molar-refractivity contribution in [2.75, 3.05) is 5.32 Å². The van der Waals surface area contributed by atoms with Crippen molar-refractivity contribution in [1.29, 1.82) is 5.26 Å². The van der Waals surface area contributed by atoms with Gasteiger partial charge < -0.3 is 10.1 Å². The number of carbonyl (C=O) groups excluding carboxylic acids is 2. The highest BCUT2D eigenvalue weighted by Crippen LogP contribution is 2.29. The Kier molecular flexibility index (Phi) is 5.71. The van der Waals surface area contributed by atoms with Gasteiger partial charge in [0.15, 0.2) is 11.8 Å². The van der Waals surface area contributed by atoms with Crippen molar-refractivity contribution in [3.8, 4) is 16.6 Å². The summed E-state index contributed by atoms with van der Waals surface area (Å²) in [7, 11) is 1.76. The molecule has 0 fully saturated rings. The zero-order valence-corrected chi connectivity index (χ0v) is 18.4. The maximum Gasteiger partial charge on any atom is 0.339 e. The molecule has 0 spiro atoms. The maximum atomic E-state index is 13.1. The summed E-state index contributed by atoms with van der Waals surface area (Å²) in [4.78, 5) is 31.2. The van der Waals surface area contributed by atoms with Crippen molar-refractivity contribution in [2.45, 2.75) is 20.0 Å². The van der Waals surface area contributed by atoms with Gasteiger partial charge in [0.2, 0.25) is 0 Å². The Hall–Kier alpha value is -4.03. The second-order valence-corrected chi connectivity index (χ2v) is 8.12. The maximum absolute atomic E-state index is 13.1. The summed E-state index contributed by atoms with van der Waals surface area (Å²) in [5, 5.41) is 18.6. The van der Waals surface area contributed by atoms with E-state index in [-0.39, 0.29) is 0 Å². The first-order chi connectivity index (χ1) is 15.4. The molecule has 4 aromatic rings. The fraction of sp³-hybridized carbons (Fsp3) is 0.174. The summed E-state index contributed by atoms with van der Waals surface area (Å²) < 4.78 is 7.12. The van der Waals surface area contributed by atoms with E-state index in [9.17, 15) is 9.59 Å². The van der Waals surface area contributed by atoms with Crippen LogP contribution in [0.15, 0.2) is 47.8 Å². The second-order valence-electron chi connectivity index (χ2n) is 7.17. The van der Waals surface area contributed by atoms with Crippen molar-refractivity contribution >= 4 is 39.9 Å². The van der Waals surface area contributed by atoms with Gasteiger partial charge in [0, 0.05) is 12.7 Å². The van der Waals surface area contributed by atoms with Crippen molar-refractivity contribution in [3.05, 3.63) is 64.7 Å². The lowest BCUT2D eigenvalue weighted by Crippen LogP contribution is -2.30. The minimum Gasteiger partial charge on any atom is -0.449 e. The largest absolute Gasteiger partial charge is 0.449 e. The van der Waals surface area contributed by atoms with Gasteiger partial charge in [-0.2, -0.15) is 10.4 Å². The van der Waals surface area contributed by atoms with E-state index in [0.717, 1.165) is 4.88 Å². The van der Waals surface area contributed by atoms with Crippen molar-refractivity contribution in [3.63, 3.8) is 0 Å². The van der Waals surface area contributed by atoms with E-state index in [1.807, 2.05) is 23.6 Å². The second kappa shape index (κ2) is 8.61. The molecule has 0 aliphatic carbocycles. The predicted molar refractivity (Wildman–Crippen MR) is 121 cm³/mol. The number of hydrogen-bond acceptors (Lipinski definition) is 7. The Balaban J connectivity index is 1.61. The lowest BCUT2D eigenvalue weighted by atomic mass is 10.1. The fourth-order valence-electron chi connectivity index (χ4n) is 3.34. The Morgan fingerprint density at radius 1 is 1.25 bits per heavy atom. The van der Waals surface area contributed by atoms with Crippen LogP contribution in [0.25, 0.3) is 21.6 Å². The molecule has 3 heterocycles. The minimum absolute atomic E-state index is 0.301. The van der Waals surface area contributed by atoms with Gasteiger partial charge in [-0.25, -0.2) is 9.78 Å². The van der Waals surface area contributed by atoms with Gasteiger partial charge in [0.1, 0.15) is 0 Å². The van der Waals surface area contributed by atoms with E-state index >= 15 is 0 Å². The number of nitriles is 1. The highest BCUT2D eigenvalue weighted by atomic mass is 32.1. The quantitative estimate of drug-likeness (QED) is 0.464. The molecule has 1 unspecified atom stereocenters. The van der Waals surface area contributed by atoms with Crippen LogP contribution >= 0.6 is 11.3 Å². The third-order valence-corrected chi connectivity index (χ3v) is 5.77. The van der Waals surface area contributed by atoms with Crippen LogP contribution in [0.1, 0.15) is 28.5 Å². The molecular weight excluding hydrogens is 426 g/mol. The van der Waals surface area contributed by atoms with Crippen LogP contribution in [-0.4, -0.2) is 32.7 Å². The molecule has 160 valence electrons. The molecule has 0 radical (unpaired) electrons. The number of aromatic nitrogens is 3. The molecule has 1 atom stereocenters. The number of amides is 1. The van der Waals surface area contributed by atoms with Gasteiger partial charge in [-0.05, 0) is 49.6 Å².